The van der Waals surface area contributed by atoms with E-state index in [0.717, 1.165) is 9.13 Å². The fraction of sp³-hybridized carbons (Fsp3) is 0.286. The first kappa shape index (κ1) is 29.0. The lowest BCUT2D eigenvalue weighted by Gasteiger charge is -2.26. The third-order valence-corrected chi connectivity index (χ3v) is 8.07. The summed E-state index contributed by atoms with van der Waals surface area (Å²) in [6.45, 7) is 7.46. The molecule has 1 aromatic heterocycles. The summed E-state index contributed by atoms with van der Waals surface area (Å²) in [5, 5.41) is 8.85. The number of carbonyl (C=O) groups excluding carboxylic acids is 1. The minimum atomic E-state index is -0.772. The summed E-state index contributed by atoms with van der Waals surface area (Å²) in [4.78, 5) is 32.2. The molecule has 2 heterocycles. The number of halogens is 2. The van der Waals surface area contributed by atoms with Crippen molar-refractivity contribution in [3.05, 3.63) is 86.5 Å². The maximum atomic E-state index is 13.9. The molecule has 0 radical (unpaired) electrons. The number of carbonyl (C=O) groups is 1. The van der Waals surface area contributed by atoms with Crippen LogP contribution in [0.15, 0.2) is 61.9 Å². The number of nitrogens with zero attached hydrogens (tertiary/aromatic N) is 3. The first-order valence-corrected chi connectivity index (χ1v) is 14.8. The Hall–Kier alpha value is -2.95. The highest BCUT2D eigenvalue weighted by Crippen LogP contribution is 2.36. The molecule has 0 N–H and O–H groups in total. The molecule has 0 unspecified atom stereocenters. The van der Waals surface area contributed by atoms with Gasteiger partial charge in [-0.3, -0.25) is 9.36 Å². The molecule has 202 valence electrons. The van der Waals surface area contributed by atoms with Gasteiger partial charge < -0.3 is 14.2 Å². The van der Waals surface area contributed by atoms with Crippen molar-refractivity contribution in [1.29, 1.82) is 5.26 Å². The summed E-state index contributed by atoms with van der Waals surface area (Å²) < 4.78 is 20.4. The Morgan fingerprint density at radius 1 is 1.33 bits per heavy atom. The number of benzene rings is 2. The highest BCUT2D eigenvalue weighted by Gasteiger charge is 2.35. The monoisotopic (exact) mass is 721 g/mol. The lowest BCUT2D eigenvalue weighted by atomic mass is 9.95. The van der Waals surface area contributed by atoms with Gasteiger partial charge in [0.25, 0.3) is 5.56 Å². The molecule has 11 heteroatoms. The lowest BCUT2D eigenvalue weighted by molar-refractivity contribution is -0.139. The van der Waals surface area contributed by atoms with Crippen molar-refractivity contribution in [2.45, 2.75) is 39.8 Å². The van der Waals surface area contributed by atoms with E-state index in [1.54, 1.807) is 24.5 Å². The Morgan fingerprint density at radius 3 is 2.74 bits per heavy atom. The lowest BCUT2D eigenvalue weighted by Crippen LogP contribution is -2.40. The molecule has 0 saturated carbocycles. The number of hydrogen-bond donors (Lipinski definition) is 0. The van der Waals surface area contributed by atoms with E-state index in [1.165, 1.54) is 11.3 Å². The van der Waals surface area contributed by atoms with Crippen LogP contribution in [0.1, 0.15) is 44.9 Å². The molecule has 3 aromatic rings. The number of aromatic nitrogens is 1. The minimum Gasteiger partial charge on any atom is -0.491 e. The van der Waals surface area contributed by atoms with Crippen molar-refractivity contribution in [1.82, 2.24) is 4.57 Å². The zero-order chi connectivity index (χ0) is 28.3. The third-order valence-electron chi connectivity index (χ3n) is 5.69. The summed E-state index contributed by atoms with van der Waals surface area (Å²) in [7, 11) is 0. The second kappa shape index (κ2) is 12.5. The molecule has 1 aliphatic heterocycles. The average Bonchev–Trinajstić information content (AvgIpc) is 3.17. The molecule has 1 atom stereocenters. The molecular weight excluding hydrogens is 697 g/mol. The van der Waals surface area contributed by atoms with E-state index in [4.69, 9.17) is 19.5 Å². The van der Waals surface area contributed by atoms with Crippen molar-refractivity contribution < 1.29 is 19.0 Å². The molecule has 0 bridgehead atoms. The molecule has 4 rings (SSSR count). The summed E-state index contributed by atoms with van der Waals surface area (Å²) in [6.07, 6.45) is 1.67. The Labute approximate surface area is 251 Å². The van der Waals surface area contributed by atoms with Crippen LogP contribution in [0.25, 0.3) is 6.08 Å². The van der Waals surface area contributed by atoms with E-state index in [2.05, 4.69) is 43.5 Å². The van der Waals surface area contributed by atoms with Crippen molar-refractivity contribution in [3.63, 3.8) is 0 Å². The van der Waals surface area contributed by atoms with Gasteiger partial charge in [0, 0.05) is 5.56 Å². The number of ether oxygens (including phenoxy) is 3. The Morgan fingerprint density at radius 2 is 2.08 bits per heavy atom. The Bertz CT molecular complexity index is 1660. The van der Waals surface area contributed by atoms with Gasteiger partial charge in [0.05, 0.1) is 36.6 Å². The number of para-hydroxylation sites is 1. The quantitative estimate of drug-likeness (QED) is 0.244. The van der Waals surface area contributed by atoms with Gasteiger partial charge in [-0.25, -0.2) is 9.79 Å². The molecule has 2 aromatic carbocycles. The summed E-state index contributed by atoms with van der Waals surface area (Å²) in [5.41, 5.74) is 1.94. The van der Waals surface area contributed by atoms with Gasteiger partial charge in [-0.15, -0.1) is 0 Å². The second-order valence-corrected chi connectivity index (χ2v) is 11.8. The predicted octanol–water partition coefficient (Wildman–Crippen LogP) is 4.85. The zero-order valence-corrected chi connectivity index (χ0v) is 26.2. The molecule has 39 heavy (non-hydrogen) atoms. The molecule has 0 spiro atoms. The smallest absolute Gasteiger partial charge is 0.338 e. The topological polar surface area (TPSA) is 103 Å². The standard InChI is InChI=1S/C28H25BrIN3O5S/c1-5-36-27(35)23-16(4)32-28-33(24(23)18-8-6-7-9-21(18)38-15(2)3)26(34)22(39-28)14-17-12-19(29)25(20(30)13-17)37-11-10-31/h6-9,12-15,24H,5,11H2,1-4H3/b22-14+/t24-/m0/s1. The zero-order valence-electron chi connectivity index (χ0n) is 21.7. The molecule has 0 amide bonds. The predicted molar refractivity (Wildman–Crippen MR) is 161 cm³/mol. The van der Waals surface area contributed by atoms with Crippen LogP contribution in [0.4, 0.5) is 0 Å². The highest BCUT2D eigenvalue weighted by molar-refractivity contribution is 14.1. The number of rotatable bonds is 8. The van der Waals surface area contributed by atoms with E-state index in [-0.39, 0.29) is 24.9 Å². The number of nitriles is 1. The maximum absolute atomic E-state index is 13.9. The second-order valence-electron chi connectivity index (χ2n) is 8.77. The molecule has 0 fully saturated rings. The van der Waals surface area contributed by atoms with Gasteiger partial charge >= 0.3 is 5.97 Å². The van der Waals surface area contributed by atoms with Gasteiger partial charge in [0.1, 0.15) is 23.6 Å². The van der Waals surface area contributed by atoms with Gasteiger partial charge in [-0.1, -0.05) is 29.5 Å². The van der Waals surface area contributed by atoms with Gasteiger partial charge in [0.15, 0.2) is 11.4 Å². The first-order valence-electron chi connectivity index (χ1n) is 12.1. The Balaban J connectivity index is 1.93. The summed E-state index contributed by atoms with van der Waals surface area (Å²) in [5.74, 6) is 0.617. The first-order chi connectivity index (χ1) is 18.7. The van der Waals surface area contributed by atoms with Crippen LogP contribution in [0.2, 0.25) is 0 Å². The minimum absolute atomic E-state index is 0.0727. The third kappa shape index (κ3) is 6.13. The Kier molecular flexibility index (Phi) is 9.30. The van der Waals surface area contributed by atoms with Crippen molar-refractivity contribution in [3.8, 4) is 17.6 Å². The number of thiazole rings is 1. The summed E-state index contributed by atoms with van der Waals surface area (Å²) in [6, 6.07) is 12.3. The molecular formula is C28H25BrIN3O5S. The van der Waals surface area contributed by atoms with E-state index in [1.807, 2.05) is 56.3 Å². The SMILES string of the molecule is CCOC(=O)C1=C(C)N=c2s/c(=C/c3cc(Br)c(OCC#N)c(I)c3)c(=O)n2[C@H]1c1ccccc1OC(C)C. The summed E-state index contributed by atoms with van der Waals surface area (Å²) >= 11 is 6.87. The van der Waals surface area contributed by atoms with Crippen LogP contribution < -0.4 is 24.4 Å². The fourth-order valence-electron chi connectivity index (χ4n) is 4.21. The average molecular weight is 722 g/mol. The van der Waals surface area contributed by atoms with Gasteiger partial charge in [-0.2, -0.15) is 5.26 Å². The van der Waals surface area contributed by atoms with Crippen molar-refractivity contribution in [2.75, 3.05) is 13.2 Å². The normalized spacial score (nSPS) is 15.0. The maximum Gasteiger partial charge on any atom is 0.338 e. The van der Waals surface area contributed by atoms with Gasteiger partial charge in [0.2, 0.25) is 0 Å². The number of esters is 1. The van der Waals surface area contributed by atoms with E-state index in [0.29, 0.717) is 42.1 Å². The number of allylic oxidation sites excluding steroid dienone is 1. The molecule has 1 aliphatic rings. The van der Waals surface area contributed by atoms with E-state index >= 15 is 0 Å². The number of fused-ring (bicyclic) bond motifs is 1. The molecule has 8 nitrogen and oxygen atoms in total. The molecule has 0 aliphatic carbocycles. The highest BCUT2D eigenvalue weighted by atomic mass is 127. The van der Waals surface area contributed by atoms with E-state index < -0.39 is 12.0 Å². The number of hydrogen-bond acceptors (Lipinski definition) is 8. The van der Waals surface area contributed by atoms with Gasteiger partial charge in [-0.05, 0) is 96.1 Å². The van der Waals surface area contributed by atoms with Crippen molar-refractivity contribution >= 4 is 61.9 Å². The van der Waals surface area contributed by atoms with Crippen LogP contribution in [0.5, 0.6) is 11.5 Å². The molecule has 0 saturated heterocycles. The van der Waals surface area contributed by atoms with Crippen LogP contribution in [0.3, 0.4) is 0 Å². The van der Waals surface area contributed by atoms with Crippen LogP contribution in [-0.4, -0.2) is 29.9 Å². The fourth-order valence-corrected chi connectivity index (χ4v) is 7.03. The van der Waals surface area contributed by atoms with Crippen LogP contribution >= 0.6 is 49.9 Å². The van der Waals surface area contributed by atoms with E-state index in [9.17, 15) is 9.59 Å². The van der Waals surface area contributed by atoms with Crippen molar-refractivity contribution in [2.24, 2.45) is 4.99 Å². The van der Waals surface area contributed by atoms with Crippen LogP contribution in [0, 0.1) is 14.9 Å². The largest absolute Gasteiger partial charge is 0.491 e. The van der Waals surface area contributed by atoms with Crippen LogP contribution in [-0.2, 0) is 9.53 Å².